The first kappa shape index (κ1) is 13.4. The van der Waals surface area contributed by atoms with Gasteiger partial charge in [-0.2, -0.15) is 0 Å². The zero-order valence-corrected chi connectivity index (χ0v) is 10.9. The van der Waals surface area contributed by atoms with Crippen LogP contribution >= 0.6 is 0 Å². The SMILES string of the molecule is CCOC(=O)N1CCCC(C(=O)O)=C2CC=CC=C21. The number of fused-ring (bicyclic) bond motifs is 1. The van der Waals surface area contributed by atoms with Crippen LogP contribution in [-0.2, 0) is 9.53 Å². The summed E-state index contributed by atoms with van der Waals surface area (Å²) in [5.41, 5.74) is 1.79. The number of hydrogen-bond donors (Lipinski definition) is 1. The summed E-state index contributed by atoms with van der Waals surface area (Å²) >= 11 is 0. The van der Waals surface area contributed by atoms with Crippen molar-refractivity contribution < 1.29 is 19.4 Å². The topological polar surface area (TPSA) is 66.8 Å². The molecule has 0 saturated heterocycles. The monoisotopic (exact) mass is 263 g/mol. The van der Waals surface area contributed by atoms with E-state index >= 15 is 0 Å². The zero-order chi connectivity index (χ0) is 13.8. The molecule has 0 aromatic carbocycles. The van der Waals surface area contributed by atoms with Crippen molar-refractivity contribution in [2.75, 3.05) is 13.2 Å². The summed E-state index contributed by atoms with van der Waals surface area (Å²) in [6, 6.07) is 0. The first-order valence-corrected chi connectivity index (χ1v) is 6.42. The van der Waals surface area contributed by atoms with Crippen molar-refractivity contribution in [3.8, 4) is 0 Å². The van der Waals surface area contributed by atoms with Gasteiger partial charge in [0.2, 0.25) is 0 Å². The predicted octanol–water partition coefficient (Wildman–Crippen LogP) is 2.46. The molecule has 0 aromatic rings. The number of hydrogen-bond acceptors (Lipinski definition) is 3. The molecule has 0 spiro atoms. The van der Waals surface area contributed by atoms with Crippen LogP contribution in [0.3, 0.4) is 0 Å². The second-order valence-electron chi connectivity index (χ2n) is 4.40. The lowest BCUT2D eigenvalue weighted by Gasteiger charge is -2.25. The van der Waals surface area contributed by atoms with Crippen LogP contribution in [0.2, 0.25) is 0 Å². The Hall–Kier alpha value is -2.04. The van der Waals surface area contributed by atoms with Crippen LogP contribution in [0, 0.1) is 0 Å². The molecule has 5 nitrogen and oxygen atoms in total. The Labute approximate surface area is 111 Å². The van der Waals surface area contributed by atoms with Gasteiger partial charge in [-0.25, -0.2) is 9.59 Å². The number of carbonyl (C=O) groups excluding carboxylic acids is 1. The van der Waals surface area contributed by atoms with Crippen molar-refractivity contribution in [3.05, 3.63) is 35.1 Å². The summed E-state index contributed by atoms with van der Waals surface area (Å²) in [5.74, 6) is -0.901. The Morgan fingerprint density at radius 1 is 1.47 bits per heavy atom. The highest BCUT2D eigenvalue weighted by molar-refractivity contribution is 5.89. The molecular weight excluding hydrogens is 246 g/mol. The minimum Gasteiger partial charge on any atom is -0.478 e. The minimum absolute atomic E-state index is 0.309. The maximum Gasteiger partial charge on any atom is 0.414 e. The van der Waals surface area contributed by atoms with Gasteiger partial charge in [0, 0.05) is 12.1 Å². The fraction of sp³-hybridized carbons (Fsp3) is 0.429. The number of carbonyl (C=O) groups is 2. The third-order valence-electron chi connectivity index (χ3n) is 3.23. The van der Waals surface area contributed by atoms with E-state index in [0.717, 1.165) is 5.57 Å². The van der Waals surface area contributed by atoms with Crippen molar-refractivity contribution in [3.63, 3.8) is 0 Å². The van der Waals surface area contributed by atoms with E-state index in [1.165, 1.54) is 4.90 Å². The van der Waals surface area contributed by atoms with Gasteiger partial charge >= 0.3 is 12.1 Å². The highest BCUT2D eigenvalue weighted by Gasteiger charge is 2.29. The Balaban J connectivity index is 2.40. The van der Waals surface area contributed by atoms with Gasteiger partial charge in [0.25, 0.3) is 0 Å². The van der Waals surface area contributed by atoms with Crippen LogP contribution in [0.15, 0.2) is 35.1 Å². The molecule has 102 valence electrons. The Bertz CT molecular complexity index is 488. The summed E-state index contributed by atoms with van der Waals surface area (Å²) in [4.78, 5) is 24.8. The number of carboxylic acid groups (broad SMARTS) is 1. The molecular formula is C14H17NO4. The molecule has 1 heterocycles. The fourth-order valence-corrected chi connectivity index (χ4v) is 2.39. The molecule has 1 aliphatic heterocycles. The normalized spacial score (nSPS) is 18.6. The van der Waals surface area contributed by atoms with Crippen molar-refractivity contribution >= 4 is 12.1 Å². The van der Waals surface area contributed by atoms with E-state index in [9.17, 15) is 14.7 Å². The lowest BCUT2D eigenvalue weighted by atomic mass is 9.96. The summed E-state index contributed by atoms with van der Waals surface area (Å²) in [7, 11) is 0. The van der Waals surface area contributed by atoms with Crippen LogP contribution in [0.1, 0.15) is 26.2 Å². The van der Waals surface area contributed by atoms with Crippen molar-refractivity contribution in [1.82, 2.24) is 4.90 Å². The van der Waals surface area contributed by atoms with E-state index in [1.54, 1.807) is 13.0 Å². The molecule has 5 heteroatoms. The number of carboxylic acids is 1. The third-order valence-corrected chi connectivity index (χ3v) is 3.23. The lowest BCUT2D eigenvalue weighted by Crippen LogP contribution is -2.32. The Morgan fingerprint density at radius 2 is 2.26 bits per heavy atom. The average Bonchev–Trinajstić information content (AvgIpc) is 2.58. The molecule has 1 aliphatic carbocycles. The molecule has 0 fully saturated rings. The predicted molar refractivity (Wildman–Crippen MR) is 69.5 cm³/mol. The van der Waals surface area contributed by atoms with Gasteiger partial charge in [0.05, 0.1) is 12.3 Å². The first-order chi connectivity index (χ1) is 9.15. The largest absolute Gasteiger partial charge is 0.478 e. The number of nitrogens with zero attached hydrogens (tertiary/aromatic N) is 1. The second-order valence-corrected chi connectivity index (χ2v) is 4.40. The van der Waals surface area contributed by atoms with Gasteiger partial charge in [-0.05, 0) is 37.8 Å². The van der Waals surface area contributed by atoms with Crippen LogP contribution in [0.4, 0.5) is 4.79 Å². The minimum atomic E-state index is -0.901. The van der Waals surface area contributed by atoms with Crippen molar-refractivity contribution in [2.24, 2.45) is 0 Å². The van der Waals surface area contributed by atoms with E-state index in [2.05, 4.69) is 0 Å². The Kier molecular flexibility index (Phi) is 4.04. The van der Waals surface area contributed by atoms with Gasteiger partial charge in [-0.1, -0.05) is 12.2 Å². The highest BCUT2D eigenvalue weighted by Crippen LogP contribution is 2.32. The zero-order valence-electron chi connectivity index (χ0n) is 10.9. The van der Waals surface area contributed by atoms with Crippen LogP contribution in [-0.4, -0.2) is 35.2 Å². The molecule has 19 heavy (non-hydrogen) atoms. The average molecular weight is 263 g/mol. The van der Waals surface area contributed by atoms with Gasteiger partial charge in [-0.3, -0.25) is 4.90 Å². The summed E-state index contributed by atoms with van der Waals surface area (Å²) < 4.78 is 5.03. The first-order valence-electron chi connectivity index (χ1n) is 6.42. The quantitative estimate of drug-likeness (QED) is 0.831. The van der Waals surface area contributed by atoms with Gasteiger partial charge in [0.15, 0.2) is 0 Å². The summed E-state index contributed by atoms with van der Waals surface area (Å²) in [6.07, 6.45) is 6.76. The summed E-state index contributed by atoms with van der Waals surface area (Å²) in [6.45, 7) is 2.55. The molecule has 0 unspecified atom stereocenters. The molecule has 0 aromatic heterocycles. The molecule has 0 bridgehead atoms. The maximum absolute atomic E-state index is 12.0. The molecule has 0 atom stereocenters. The van der Waals surface area contributed by atoms with Gasteiger partial charge < -0.3 is 9.84 Å². The van der Waals surface area contributed by atoms with E-state index in [0.29, 0.717) is 43.7 Å². The van der Waals surface area contributed by atoms with Crippen molar-refractivity contribution in [2.45, 2.75) is 26.2 Å². The smallest absolute Gasteiger partial charge is 0.414 e. The summed E-state index contributed by atoms with van der Waals surface area (Å²) in [5, 5.41) is 9.29. The van der Waals surface area contributed by atoms with Gasteiger partial charge in [0.1, 0.15) is 0 Å². The van der Waals surface area contributed by atoms with Crippen LogP contribution in [0.25, 0.3) is 0 Å². The van der Waals surface area contributed by atoms with Crippen LogP contribution < -0.4 is 0 Å². The molecule has 1 N–H and O–H groups in total. The fourth-order valence-electron chi connectivity index (χ4n) is 2.39. The molecule has 2 aliphatic rings. The Morgan fingerprint density at radius 3 is 2.95 bits per heavy atom. The third kappa shape index (κ3) is 2.70. The van der Waals surface area contributed by atoms with Crippen molar-refractivity contribution in [1.29, 1.82) is 0 Å². The van der Waals surface area contributed by atoms with E-state index in [-0.39, 0.29) is 0 Å². The number of rotatable bonds is 2. The van der Waals surface area contributed by atoms with Gasteiger partial charge in [-0.15, -0.1) is 0 Å². The number of allylic oxidation sites excluding steroid dienone is 4. The number of ether oxygens (including phenoxy) is 1. The molecule has 0 saturated carbocycles. The van der Waals surface area contributed by atoms with E-state index < -0.39 is 12.1 Å². The van der Waals surface area contributed by atoms with E-state index in [4.69, 9.17) is 4.74 Å². The standard InChI is InChI=1S/C14H17NO4/c1-2-19-14(18)15-9-5-7-11(13(16)17)10-6-3-4-8-12(10)15/h3-4,8H,2,5-7,9H2,1H3,(H,16,17). The number of amides is 1. The lowest BCUT2D eigenvalue weighted by molar-refractivity contribution is -0.132. The molecule has 1 amide bonds. The highest BCUT2D eigenvalue weighted by atomic mass is 16.6. The van der Waals surface area contributed by atoms with E-state index in [1.807, 2.05) is 12.2 Å². The van der Waals surface area contributed by atoms with Crippen LogP contribution in [0.5, 0.6) is 0 Å². The second kappa shape index (κ2) is 5.73. The molecule has 0 radical (unpaired) electrons. The molecule has 2 rings (SSSR count). The number of aliphatic carboxylic acids is 1. The maximum atomic E-state index is 12.0.